The Bertz CT molecular complexity index is 595. The Labute approximate surface area is 124 Å². The van der Waals surface area contributed by atoms with E-state index in [1.54, 1.807) is 28.0 Å². The number of rotatable bonds is 4. The molecule has 5 heteroatoms. The Balaban J connectivity index is 2.28. The summed E-state index contributed by atoms with van der Waals surface area (Å²) in [5, 5.41) is 9.09. The van der Waals surface area contributed by atoms with E-state index in [-0.39, 0.29) is 11.6 Å². The molecule has 0 atom stereocenters. The van der Waals surface area contributed by atoms with Crippen molar-refractivity contribution >= 4 is 17.7 Å². The van der Waals surface area contributed by atoms with Crippen LogP contribution in [0.5, 0.6) is 0 Å². The van der Waals surface area contributed by atoms with Gasteiger partial charge in [0.2, 0.25) is 0 Å². The van der Waals surface area contributed by atoms with Gasteiger partial charge in [-0.05, 0) is 38.0 Å². The van der Waals surface area contributed by atoms with Crippen molar-refractivity contribution in [2.75, 3.05) is 24.5 Å². The molecule has 0 aliphatic carbocycles. The van der Waals surface area contributed by atoms with Crippen molar-refractivity contribution < 1.29 is 14.7 Å². The van der Waals surface area contributed by atoms with Crippen LogP contribution in [0.4, 0.5) is 10.5 Å². The van der Waals surface area contributed by atoms with Gasteiger partial charge in [0.1, 0.15) is 0 Å². The zero-order chi connectivity index (χ0) is 15.6. The molecule has 1 aromatic rings. The molecule has 1 heterocycles. The first-order valence-electron chi connectivity index (χ1n) is 7.01. The molecule has 1 aromatic carbocycles. The molecule has 0 saturated heterocycles. The molecule has 5 nitrogen and oxygen atoms in total. The van der Waals surface area contributed by atoms with Crippen LogP contribution in [0.15, 0.2) is 30.4 Å². The number of carbonyl (C=O) groups excluding carboxylic acids is 1. The summed E-state index contributed by atoms with van der Waals surface area (Å²) >= 11 is 0. The van der Waals surface area contributed by atoms with Gasteiger partial charge in [0.15, 0.2) is 0 Å². The second-order valence-corrected chi connectivity index (χ2v) is 5.30. The summed E-state index contributed by atoms with van der Waals surface area (Å²) < 4.78 is 0. The highest BCUT2D eigenvalue weighted by Gasteiger charge is 2.28. The number of amides is 2. The van der Waals surface area contributed by atoms with Gasteiger partial charge in [-0.3, -0.25) is 4.90 Å². The van der Waals surface area contributed by atoms with Crippen molar-refractivity contribution in [3.8, 4) is 0 Å². The second kappa shape index (κ2) is 5.99. The van der Waals surface area contributed by atoms with E-state index in [4.69, 9.17) is 5.11 Å². The molecule has 0 radical (unpaired) electrons. The Morgan fingerprint density at radius 2 is 2.14 bits per heavy atom. The summed E-state index contributed by atoms with van der Waals surface area (Å²) in [6, 6.07) is 4.86. The Hall–Kier alpha value is -2.30. The number of carbonyl (C=O) groups is 2. The molecule has 0 bridgehead atoms. The maximum absolute atomic E-state index is 12.6. The maximum Gasteiger partial charge on any atom is 0.335 e. The lowest BCUT2D eigenvalue weighted by atomic mass is 10.1. The first-order valence-corrected chi connectivity index (χ1v) is 7.01. The van der Waals surface area contributed by atoms with Crippen molar-refractivity contribution in [1.29, 1.82) is 0 Å². The van der Waals surface area contributed by atoms with Crippen LogP contribution in [0.25, 0.3) is 0 Å². The Morgan fingerprint density at radius 3 is 2.71 bits per heavy atom. The van der Waals surface area contributed by atoms with E-state index < -0.39 is 5.97 Å². The average molecular weight is 288 g/mol. The predicted molar refractivity (Wildman–Crippen MR) is 81.9 cm³/mol. The van der Waals surface area contributed by atoms with Crippen LogP contribution in [0.1, 0.15) is 29.8 Å². The fourth-order valence-electron chi connectivity index (χ4n) is 2.52. The third kappa shape index (κ3) is 3.07. The summed E-state index contributed by atoms with van der Waals surface area (Å²) in [4.78, 5) is 27.1. The van der Waals surface area contributed by atoms with Gasteiger partial charge in [-0.2, -0.15) is 0 Å². The summed E-state index contributed by atoms with van der Waals surface area (Å²) in [5.41, 5.74) is 2.85. The normalized spacial score (nSPS) is 13.0. The minimum absolute atomic E-state index is 0.0956. The number of fused-ring (bicyclic) bond motifs is 1. The number of anilines is 1. The molecule has 2 amide bonds. The molecule has 21 heavy (non-hydrogen) atoms. The molecule has 2 rings (SSSR count). The van der Waals surface area contributed by atoms with Crippen molar-refractivity contribution in [3.63, 3.8) is 0 Å². The van der Waals surface area contributed by atoms with Crippen LogP contribution in [0.2, 0.25) is 0 Å². The van der Waals surface area contributed by atoms with Crippen molar-refractivity contribution in [3.05, 3.63) is 41.5 Å². The molecule has 0 unspecified atom stereocenters. The van der Waals surface area contributed by atoms with Crippen LogP contribution in [0, 0.1) is 0 Å². The Kier molecular flexibility index (Phi) is 4.31. The van der Waals surface area contributed by atoms with Crippen LogP contribution in [0.3, 0.4) is 0 Å². The number of carboxylic acids is 1. The van der Waals surface area contributed by atoms with Gasteiger partial charge < -0.3 is 10.0 Å². The lowest BCUT2D eigenvalue weighted by Crippen LogP contribution is -2.43. The summed E-state index contributed by atoms with van der Waals surface area (Å²) in [5.74, 6) is -0.980. The van der Waals surface area contributed by atoms with Gasteiger partial charge in [0, 0.05) is 25.3 Å². The zero-order valence-electron chi connectivity index (χ0n) is 12.4. The number of benzene rings is 1. The van der Waals surface area contributed by atoms with Crippen LogP contribution >= 0.6 is 0 Å². The number of urea groups is 1. The molecule has 0 aromatic heterocycles. The van der Waals surface area contributed by atoms with E-state index >= 15 is 0 Å². The summed E-state index contributed by atoms with van der Waals surface area (Å²) in [7, 11) is 0. The van der Waals surface area contributed by atoms with E-state index in [9.17, 15) is 9.59 Å². The molecule has 1 aliphatic heterocycles. The van der Waals surface area contributed by atoms with E-state index in [0.717, 1.165) is 17.6 Å². The van der Waals surface area contributed by atoms with Crippen molar-refractivity contribution in [2.45, 2.75) is 20.3 Å². The summed E-state index contributed by atoms with van der Waals surface area (Å²) in [6.07, 6.45) is 0.756. The fraction of sp³-hybridized carbons (Fsp3) is 0.375. The molecule has 0 spiro atoms. The monoisotopic (exact) mass is 288 g/mol. The van der Waals surface area contributed by atoms with Crippen molar-refractivity contribution in [2.24, 2.45) is 0 Å². The number of nitrogens with zero attached hydrogens (tertiary/aromatic N) is 2. The first kappa shape index (κ1) is 15.1. The molecular formula is C16H20N2O3. The fourth-order valence-corrected chi connectivity index (χ4v) is 2.52. The third-order valence-corrected chi connectivity index (χ3v) is 3.57. The number of hydrogen-bond donors (Lipinski definition) is 1. The number of likely N-dealkylation sites (N-methyl/N-ethyl adjacent to an activating group) is 1. The average Bonchev–Trinajstić information content (AvgIpc) is 2.86. The van der Waals surface area contributed by atoms with Gasteiger partial charge in [-0.1, -0.05) is 18.2 Å². The quantitative estimate of drug-likeness (QED) is 0.867. The molecule has 1 N–H and O–H groups in total. The van der Waals surface area contributed by atoms with Gasteiger partial charge >= 0.3 is 12.0 Å². The SMILES string of the molecule is C=C(C)CN(CC)C(=O)N1CCc2ccc(C(=O)O)cc21. The lowest BCUT2D eigenvalue weighted by Gasteiger charge is -2.27. The van der Waals surface area contributed by atoms with Crippen LogP contribution in [-0.4, -0.2) is 41.6 Å². The molecular weight excluding hydrogens is 268 g/mol. The van der Waals surface area contributed by atoms with Gasteiger partial charge in [-0.15, -0.1) is 0 Å². The Morgan fingerprint density at radius 1 is 1.43 bits per heavy atom. The van der Waals surface area contributed by atoms with Gasteiger partial charge in [0.05, 0.1) is 5.56 Å². The highest BCUT2D eigenvalue weighted by molar-refractivity contribution is 5.97. The maximum atomic E-state index is 12.6. The third-order valence-electron chi connectivity index (χ3n) is 3.57. The summed E-state index contributed by atoms with van der Waals surface area (Å²) in [6.45, 7) is 9.35. The van der Waals surface area contributed by atoms with E-state index in [2.05, 4.69) is 6.58 Å². The van der Waals surface area contributed by atoms with E-state index in [1.165, 1.54) is 0 Å². The number of hydrogen-bond acceptors (Lipinski definition) is 2. The highest BCUT2D eigenvalue weighted by Crippen LogP contribution is 2.30. The van der Waals surface area contributed by atoms with Crippen LogP contribution < -0.4 is 4.90 Å². The molecule has 1 aliphatic rings. The van der Waals surface area contributed by atoms with Gasteiger partial charge in [0.25, 0.3) is 0 Å². The molecule has 112 valence electrons. The largest absolute Gasteiger partial charge is 0.478 e. The zero-order valence-corrected chi connectivity index (χ0v) is 12.4. The van der Waals surface area contributed by atoms with E-state index in [1.807, 2.05) is 13.8 Å². The number of carboxylic acid groups (broad SMARTS) is 1. The first-order chi connectivity index (χ1) is 9.93. The predicted octanol–water partition coefficient (Wildman–Crippen LogP) is 2.77. The van der Waals surface area contributed by atoms with Gasteiger partial charge in [-0.25, -0.2) is 9.59 Å². The molecule has 0 saturated carbocycles. The van der Waals surface area contributed by atoms with Crippen LogP contribution in [-0.2, 0) is 6.42 Å². The topological polar surface area (TPSA) is 60.9 Å². The standard InChI is InChI=1S/C16H20N2O3/c1-4-17(10-11(2)3)16(21)18-8-7-12-5-6-13(15(19)20)9-14(12)18/h5-6,9H,2,4,7-8,10H2,1,3H3,(H,19,20). The smallest absolute Gasteiger partial charge is 0.335 e. The van der Waals surface area contributed by atoms with Crippen molar-refractivity contribution in [1.82, 2.24) is 4.90 Å². The second-order valence-electron chi connectivity index (χ2n) is 5.30. The minimum atomic E-state index is -0.980. The minimum Gasteiger partial charge on any atom is -0.478 e. The highest BCUT2D eigenvalue weighted by atomic mass is 16.4. The molecule has 0 fully saturated rings. The van der Waals surface area contributed by atoms with E-state index in [0.29, 0.717) is 25.3 Å². The number of aromatic carboxylic acids is 1. The lowest BCUT2D eigenvalue weighted by molar-refractivity contribution is 0.0697.